The molecule has 5 heteroatoms. The summed E-state index contributed by atoms with van der Waals surface area (Å²) in [5.74, 6) is 0.300. The minimum atomic E-state index is -0.557. The minimum Gasteiger partial charge on any atom is -0.352 e. The minimum absolute atomic E-state index is 0.0203. The molecule has 0 heterocycles. The van der Waals surface area contributed by atoms with E-state index in [4.69, 9.17) is 11.6 Å². The lowest BCUT2D eigenvalue weighted by atomic mass is 10.00. The van der Waals surface area contributed by atoms with Crippen LogP contribution in [0.4, 0.5) is 0 Å². The van der Waals surface area contributed by atoms with Crippen LogP contribution in [-0.2, 0) is 22.6 Å². The van der Waals surface area contributed by atoms with Gasteiger partial charge in [-0.1, -0.05) is 61.8 Å². The maximum Gasteiger partial charge on any atom is 0.242 e. The number of aryl methyl sites for hydroxylation is 1. The topological polar surface area (TPSA) is 49.4 Å². The maximum atomic E-state index is 13.1. The molecular weight excluding hydrogens is 396 g/mol. The van der Waals surface area contributed by atoms with Gasteiger partial charge in [-0.2, -0.15) is 0 Å². The summed E-state index contributed by atoms with van der Waals surface area (Å²) in [4.78, 5) is 27.4. The summed E-state index contributed by atoms with van der Waals surface area (Å²) in [6, 6.07) is 15.3. The molecule has 2 aromatic carbocycles. The predicted octanol–water partition coefficient (Wildman–Crippen LogP) is 5.34. The SMILES string of the molecule is CC(C)NC(=O)[C@H](C)N(Cc1ccc(Cl)cc1)C(=O)CCc1ccc(C(C)C)cc1. The summed E-state index contributed by atoms with van der Waals surface area (Å²) >= 11 is 5.98. The first kappa shape index (κ1) is 23.9. The number of nitrogens with one attached hydrogen (secondary N) is 1. The van der Waals surface area contributed by atoms with Gasteiger partial charge >= 0.3 is 0 Å². The van der Waals surface area contributed by atoms with Crippen LogP contribution in [0.15, 0.2) is 48.5 Å². The summed E-state index contributed by atoms with van der Waals surface area (Å²) in [6.45, 7) is 10.3. The Morgan fingerprint density at radius 2 is 1.47 bits per heavy atom. The summed E-state index contributed by atoms with van der Waals surface area (Å²) in [7, 11) is 0. The van der Waals surface area contributed by atoms with Crippen LogP contribution in [0.5, 0.6) is 0 Å². The van der Waals surface area contributed by atoms with Crippen molar-refractivity contribution >= 4 is 23.4 Å². The zero-order chi connectivity index (χ0) is 22.3. The molecular formula is C25H33ClN2O2. The normalized spacial score (nSPS) is 12.1. The van der Waals surface area contributed by atoms with E-state index in [0.29, 0.717) is 30.3 Å². The molecule has 0 saturated heterocycles. The van der Waals surface area contributed by atoms with Crippen LogP contribution in [0.2, 0.25) is 5.02 Å². The second-order valence-corrected chi connectivity index (χ2v) is 8.82. The molecule has 0 aliphatic heterocycles. The van der Waals surface area contributed by atoms with Crippen LogP contribution in [0.1, 0.15) is 63.6 Å². The third kappa shape index (κ3) is 7.17. The standard InChI is InChI=1S/C25H33ClN2O2/c1-17(2)22-11-6-20(7-12-22)10-15-24(29)28(19(5)25(30)27-18(3)4)16-21-8-13-23(26)14-9-21/h6-9,11-14,17-19H,10,15-16H2,1-5H3,(H,27,30)/t19-/m0/s1. The molecule has 0 aromatic heterocycles. The second-order valence-electron chi connectivity index (χ2n) is 8.38. The Balaban J connectivity index is 2.11. The van der Waals surface area contributed by atoms with Gasteiger partial charge in [0, 0.05) is 24.0 Å². The Morgan fingerprint density at radius 1 is 0.900 bits per heavy atom. The highest BCUT2D eigenvalue weighted by Crippen LogP contribution is 2.18. The van der Waals surface area contributed by atoms with E-state index in [1.165, 1.54) is 5.56 Å². The summed E-state index contributed by atoms with van der Waals surface area (Å²) in [6.07, 6.45) is 1.00. The summed E-state index contributed by atoms with van der Waals surface area (Å²) in [5.41, 5.74) is 3.35. The average Bonchev–Trinajstić information content (AvgIpc) is 2.70. The molecule has 1 atom stereocenters. The van der Waals surface area contributed by atoms with Gasteiger partial charge in [0.1, 0.15) is 6.04 Å². The van der Waals surface area contributed by atoms with E-state index in [1.807, 2.05) is 26.0 Å². The zero-order valence-electron chi connectivity index (χ0n) is 18.6. The monoisotopic (exact) mass is 428 g/mol. The van der Waals surface area contributed by atoms with Crippen LogP contribution < -0.4 is 5.32 Å². The Hall–Kier alpha value is -2.33. The van der Waals surface area contributed by atoms with E-state index in [1.54, 1.807) is 24.0 Å². The fraction of sp³-hybridized carbons (Fsp3) is 0.440. The molecule has 2 aromatic rings. The number of hydrogen-bond donors (Lipinski definition) is 1. The Kier molecular flexibility index (Phi) is 8.91. The highest BCUT2D eigenvalue weighted by Gasteiger charge is 2.26. The van der Waals surface area contributed by atoms with E-state index >= 15 is 0 Å². The average molecular weight is 429 g/mol. The van der Waals surface area contributed by atoms with Gasteiger partial charge in [0.05, 0.1) is 0 Å². The van der Waals surface area contributed by atoms with Gasteiger partial charge in [0.15, 0.2) is 0 Å². The van der Waals surface area contributed by atoms with Crippen molar-refractivity contribution in [2.45, 2.75) is 72.0 Å². The van der Waals surface area contributed by atoms with E-state index < -0.39 is 6.04 Å². The van der Waals surface area contributed by atoms with Gasteiger partial charge < -0.3 is 10.2 Å². The zero-order valence-corrected chi connectivity index (χ0v) is 19.4. The first-order valence-electron chi connectivity index (χ1n) is 10.6. The van der Waals surface area contributed by atoms with Gasteiger partial charge in [0.25, 0.3) is 0 Å². The Labute approximate surface area is 185 Å². The molecule has 0 saturated carbocycles. The van der Waals surface area contributed by atoms with Gasteiger partial charge in [-0.3, -0.25) is 9.59 Å². The number of hydrogen-bond acceptors (Lipinski definition) is 2. The smallest absolute Gasteiger partial charge is 0.242 e. The molecule has 30 heavy (non-hydrogen) atoms. The van der Waals surface area contributed by atoms with Gasteiger partial charge in [0.2, 0.25) is 11.8 Å². The van der Waals surface area contributed by atoms with Crippen molar-refractivity contribution in [3.05, 3.63) is 70.2 Å². The first-order chi connectivity index (χ1) is 14.2. The third-order valence-corrected chi connectivity index (χ3v) is 5.39. The third-order valence-electron chi connectivity index (χ3n) is 5.14. The molecule has 0 fully saturated rings. The number of benzene rings is 2. The summed E-state index contributed by atoms with van der Waals surface area (Å²) in [5, 5.41) is 3.55. The number of rotatable bonds is 9. The van der Waals surface area contributed by atoms with Crippen molar-refractivity contribution in [3.8, 4) is 0 Å². The van der Waals surface area contributed by atoms with E-state index in [-0.39, 0.29) is 17.9 Å². The van der Waals surface area contributed by atoms with Crippen LogP contribution in [0.25, 0.3) is 0 Å². The van der Waals surface area contributed by atoms with Crippen LogP contribution in [-0.4, -0.2) is 28.8 Å². The molecule has 162 valence electrons. The number of carbonyl (C=O) groups excluding carboxylic acids is 2. The molecule has 0 spiro atoms. The number of nitrogens with zero attached hydrogens (tertiary/aromatic N) is 1. The van der Waals surface area contributed by atoms with Gasteiger partial charge in [-0.25, -0.2) is 0 Å². The number of carbonyl (C=O) groups is 2. The van der Waals surface area contributed by atoms with Crippen molar-refractivity contribution < 1.29 is 9.59 Å². The van der Waals surface area contributed by atoms with E-state index in [2.05, 4.69) is 43.4 Å². The fourth-order valence-corrected chi connectivity index (χ4v) is 3.36. The number of amides is 2. The molecule has 0 bridgehead atoms. The first-order valence-corrected chi connectivity index (χ1v) is 11.0. The van der Waals surface area contributed by atoms with Crippen molar-refractivity contribution in [2.75, 3.05) is 0 Å². The molecule has 2 rings (SSSR count). The lowest BCUT2D eigenvalue weighted by Gasteiger charge is -2.29. The molecule has 0 unspecified atom stereocenters. The van der Waals surface area contributed by atoms with Crippen LogP contribution in [0.3, 0.4) is 0 Å². The highest BCUT2D eigenvalue weighted by molar-refractivity contribution is 6.30. The quantitative estimate of drug-likeness (QED) is 0.586. The molecule has 1 N–H and O–H groups in total. The number of halogens is 1. The van der Waals surface area contributed by atoms with Gasteiger partial charge in [-0.05, 0) is 61.9 Å². The van der Waals surface area contributed by atoms with Crippen molar-refractivity contribution in [3.63, 3.8) is 0 Å². The lowest BCUT2D eigenvalue weighted by molar-refractivity contribution is -0.140. The maximum absolute atomic E-state index is 13.1. The Morgan fingerprint density at radius 3 is 2.00 bits per heavy atom. The second kappa shape index (κ2) is 11.2. The molecule has 0 aliphatic rings. The van der Waals surface area contributed by atoms with Crippen molar-refractivity contribution in [1.82, 2.24) is 10.2 Å². The lowest BCUT2D eigenvalue weighted by Crippen LogP contribution is -2.49. The van der Waals surface area contributed by atoms with Crippen LogP contribution in [0, 0.1) is 0 Å². The summed E-state index contributed by atoms with van der Waals surface area (Å²) < 4.78 is 0. The van der Waals surface area contributed by atoms with Crippen molar-refractivity contribution in [2.24, 2.45) is 0 Å². The Bertz CT molecular complexity index is 829. The van der Waals surface area contributed by atoms with E-state index in [9.17, 15) is 9.59 Å². The molecule has 4 nitrogen and oxygen atoms in total. The van der Waals surface area contributed by atoms with Gasteiger partial charge in [-0.15, -0.1) is 0 Å². The molecule has 0 radical (unpaired) electrons. The predicted molar refractivity (Wildman–Crippen MR) is 124 cm³/mol. The fourth-order valence-electron chi connectivity index (χ4n) is 3.24. The molecule has 2 amide bonds. The highest BCUT2D eigenvalue weighted by atomic mass is 35.5. The molecule has 0 aliphatic carbocycles. The van der Waals surface area contributed by atoms with Crippen molar-refractivity contribution in [1.29, 1.82) is 0 Å². The van der Waals surface area contributed by atoms with Crippen LogP contribution >= 0.6 is 11.6 Å². The van der Waals surface area contributed by atoms with E-state index in [0.717, 1.165) is 11.1 Å². The largest absolute Gasteiger partial charge is 0.352 e.